The van der Waals surface area contributed by atoms with Crippen LogP contribution in [0.1, 0.15) is 44.9 Å². The summed E-state index contributed by atoms with van der Waals surface area (Å²) in [6.45, 7) is 8.11. The summed E-state index contributed by atoms with van der Waals surface area (Å²) in [5.74, 6) is 0.313. The standard InChI is InChI=1S/C15H21NO3/c1-10-11-6-5-7-13(17)12(11)8-9-16(10)14(18)19-15(2,3)4/h5-7,10,17H,8-9H2,1-4H3/t10-/m0/s1. The molecule has 0 spiro atoms. The summed E-state index contributed by atoms with van der Waals surface area (Å²) in [7, 11) is 0. The monoisotopic (exact) mass is 263 g/mol. The second-order valence-corrected chi connectivity index (χ2v) is 5.94. The number of benzene rings is 1. The third-order valence-corrected chi connectivity index (χ3v) is 3.34. The van der Waals surface area contributed by atoms with E-state index in [1.54, 1.807) is 11.0 Å². The number of fused-ring (bicyclic) bond motifs is 1. The van der Waals surface area contributed by atoms with Gasteiger partial charge in [0.2, 0.25) is 0 Å². The van der Waals surface area contributed by atoms with Crippen LogP contribution in [0.4, 0.5) is 4.79 Å². The summed E-state index contributed by atoms with van der Waals surface area (Å²) in [4.78, 5) is 13.9. The number of hydrogen-bond donors (Lipinski definition) is 1. The molecule has 1 aliphatic heterocycles. The first-order valence-corrected chi connectivity index (χ1v) is 6.60. The van der Waals surface area contributed by atoms with Gasteiger partial charge >= 0.3 is 6.09 Å². The first-order chi connectivity index (χ1) is 8.79. The lowest BCUT2D eigenvalue weighted by atomic mass is 9.93. The minimum absolute atomic E-state index is 0.0781. The fourth-order valence-corrected chi connectivity index (χ4v) is 2.42. The lowest BCUT2D eigenvalue weighted by molar-refractivity contribution is 0.0158. The highest BCUT2D eigenvalue weighted by Gasteiger charge is 2.31. The Morgan fingerprint density at radius 1 is 1.42 bits per heavy atom. The minimum atomic E-state index is -0.490. The predicted molar refractivity (Wildman–Crippen MR) is 73.2 cm³/mol. The van der Waals surface area contributed by atoms with E-state index < -0.39 is 5.60 Å². The molecule has 1 aromatic rings. The van der Waals surface area contributed by atoms with Crippen molar-refractivity contribution in [3.05, 3.63) is 29.3 Å². The van der Waals surface area contributed by atoms with Crippen LogP contribution in [-0.4, -0.2) is 28.2 Å². The molecule has 104 valence electrons. The number of phenols is 1. The molecule has 1 amide bonds. The summed E-state index contributed by atoms with van der Waals surface area (Å²) in [5, 5.41) is 9.85. The van der Waals surface area contributed by atoms with E-state index in [1.807, 2.05) is 39.8 Å². The lowest BCUT2D eigenvalue weighted by Gasteiger charge is -2.36. The van der Waals surface area contributed by atoms with Gasteiger partial charge in [-0.3, -0.25) is 0 Å². The molecule has 4 heteroatoms. The number of rotatable bonds is 0. The van der Waals surface area contributed by atoms with Crippen LogP contribution >= 0.6 is 0 Å². The smallest absolute Gasteiger partial charge is 0.410 e. The van der Waals surface area contributed by atoms with E-state index in [0.717, 1.165) is 11.1 Å². The number of phenolic OH excluding ortho intramolecular Hbond substituents is 1. The first kappa shape index (κ1) is 13.7. The van der Waals surface area contributed by atoms with Gasteiger partial charge in [-0.05, 0) is 45.7 Å². The molecule has 1 N–H and O–H groups in total. The number of hydrogen-bond acceptors (Lipinski definition) is 3. The van der Waals surface area contributed by atoms with E-state index in [0.29, 0.717) is 18.7 Å². The third-order valence-electron chi connectivity index (χ3n) is 3.34. The summed E-state index contributed by atoms with van der Waals surface area (Å²) in [5.41, 5.74) is 1.45. The Balaban J connectivity index is 2.22. The molecular formula is C15H21NO3. The molecule has 0 fully saturated rings. The van der Waals surface area contributed by atoms with Gasteiger partial charge in [-0.2, -0.15) is 0 Å². The lowest BCUT2D eigenvalue weighted by Crippen LogP contribution is -2.42. The average molecular weight is 263 g/mol. The zero-order chi connectivity index (χ0) is 14.2. The van der Waals surface area contributed by atoms with Gasteiger partial charge in [0.1, 0.15) is 11.4 Å². The van der Waals surface area contributed by atoms with Crippen LogP contribution in [-0.2, 0) is 11.2 Å². The maximum atomic E-state index is 12.2. The van der Waals surface area contributed by atoms with Crippen LogP contribution in [0.5, 0.6) is 5.75 Å². The van der Waals surface area contributed by atoms with Crippen molar-refractivity contribution >= 4 is 6.09 Å². The molecule has 2 rings (SSSR count). The molecule has 0 aliphatic carbocycles. The van der Waals surface area contributed by atoms with Gasteiger partial charge in [0, 0.05) is 12.1 Å². The van der Waals surface area contributed by atoms with E-state index in [2.05, 4.69) is 0 Å². The van der Waals surface area contributed by atoms with Gasteiger partial charge in [0.15, 0.2) is 0 Å². The summed E-state index contributed by atoms with van der Waals surface area (Å²) in [6.07, 6.45) is 0.361. The number of nitrogens with zero attached hydrogens (tertiary/aromatic N) is 1. The van der Waals surface area contributed by atoms with Crippen molar-refractivity contribution in [3.8, 4) is 5.75 Å². The second kappa shape index (κ2) is 4.76. The third kappa shape index (κ3) is 2.83. The average Bonchev–Trinajstić information content (AvgIpc) is 2.28. The largest absolute Gasteiger partial charge is 0.508 e. The van der Waals surface area contributed by atoms with Gasteiger partial charge in [-0.15, -0.1) is 0 Å². The highest BCUT2D eigenvalue weighted by Crippen LogP contribution is 2.34. The Labute approximate surface area is 114 Å². The fourth-order valence-electron chi connectivity index (χ4n) is 2.42. The minimum Gasteiger partial charge on any atom is -0.508 e. The maximum Gasteiger partial charge on any atom is 0.410 e. The molecule has 0 saturated carbocycles. The molecular weight excluding hydrogens is 242 g/mol. The van der Waals surface area contributed by atoms with Crippen molar-refractivity contribution < 1.29 is 14.6 Å². The Bertz CT molecular complexity index is 491. The molecule has 1 aromatic carbocycles. The van der Waals surface area contributed by atoms with E-state index in [9.17, 15) is 9.90 Å². The second-order valence-electron chi connectivity index (χ2n) is 5.94. The zero-order valence-electron chi connectivity index (χ0n) is 11.9. The van der Waals surface area contributed by atoms with Crippen molar-refractivity contribution in [2.24, 2.45) is 0 Å². The quantitative estimate of drug-likeness (QED) is 0.781. The molecule has 1 heterocycles. The molecule has 1 aliphatic rings. The normalized spacial score (nSPS) is 18.9. The maximum absolute atomic E-state index is 12.2. The molecule has 1 atom stereocenters. The van der Waals surface area contributed by atoms with Crippen LogP contribution in [0.3, 0.4) is 0 Å². The Morgan fingerprint density at radius 3 is 2.74 bits per heavy atom. The SMILES string of the molecule is C[C@H]1c2cccc(O)c2CCN1C(=O)OC(C)(C)C. The number of carbonyl (C=O) groups excluding carboxylic acids is 1. The summed E-state index contributed by atoms with van der Waals surface area (Å²) < 4.78 is 5.42. The molecule has 0 unspecified atom stereocenters. The van der Waals surface area contributed by atoms with E-state index in [-0.39, 0.29) is 12.1 Å². The predicted octanol–water partition coefficient (Wildman–Crippen LogP) is 3.25. The summed E-state index contributed by atoms with van der Waals surface area (Å²) in [6, 6.07) is 5.37. The fraction of sp³-hybridized carbons (Fsp3) is 0.533. The highest BCUT2D eigenvalue weighted by molar-refractivity contribution is 5.69. The molecule has 0 bridgehead atoms. The van der Waals surface area contributed by atoms with Gasteiger partial charge in [0.05, 0.1) is 6.04 Å². The number of amides is 1. The van der Waals surface area contributed by atoms with Gasteiger partial charge < -0.3 is 14.7 Å². The van der Waals surface area contributed by atoms with Crippen molar-refractivity contribution in [2.75, 3.05) is 6.54 Å². The topological polar surface area (TPSA) is 49.8 Å². The van der Waals surface area contributed by atoms with E-state index >= 15 is 0 Å². The molecule has 19 heavy (non-hydrogen) atoms. The number of ether oxygens (including phenoxy) is 1. The molecule has 0 saturated heterocycles. The van der Waals surface area contributed by atoms with E-state index in [4.69, 9.17) is 4.74 Å². The summed E-state index contributed by atoms with van der Waals surface area (Å²) >= 11 is 0. The Morgan fingerprint density at radius 2 is 2.11 bits per heavy atom. The van der Waals surface area contributed by atoms with Crippen LogP contribution in [0.25, 0.3) is 0 Å². The van der Waals surface area contributed by atoms with Gasteiger partial charge in [0.25, 0.3) is 0 Å². The van der Waals surface area contributed by atoms with Crippen LogP contribution < -0.4 is 0 Å². The van der Waals surface area contributed by atoms with Gasteiger partial charge in [-0.25, -0.2) is 4.79 Å². The zero-order valence-corrected chi connectivity index (χ0v) is 11.9. The van der Waals surface area contributed by atoms with Crippen LogP contribution in [0.15, 0.2) is 18.2 Å². The Kier molecular flexibility index (Phi) is 3.43. The van der Waals surface area contributed by atoms with Crippen LogP contribution in [0, 0.1) is 0 Å². The van der Waals surface area contributed by atoms with Crippen molar-refractivity contribution in [3.63, 3.8) is 0 Å². The van der Waals surface area contributed by atoms with Crippen molar-refractivity contribution in [1.29, 1.82) is 0 Å². The van der Waals surface area contributed by atoms with Crippen LogP contribution in [0.2, 0.25) is 0 Å². The number of aromatic hydroxyl groups is 1. The number of carbonyl (C=O) groups is 1. The van der Waals surface area contributed by atoms with Gasteiger partial charge in [-0.1, -0.05) is 12.1 Å². The van der Waals surface area contributed by atoms with Crippen molar-refractivity contribution in [1.82, 2.24) is 4.90 Å². The first-order valence-electron chi connectivity index (χ1n) is 6.60. The Hall–Kier alpha value is -1.71. The molecule has 0 aromatic heterocycles. The highest BCUT2D eigenvalue weighted by atomic mass is 16.6. The molecule has 4 nitrogen and oxygen atoms in total. The molecule has 0 radical (unpaired) electrons. The van der Waals surface area contributed by atoms with E-state index in [1.165, 1.54) is 0 Å². The van der Waals surface area contributed by atoms with Crippen molar-refractivity contribution in [2.45, 2.75) is 45.8 Å².